The molecule has 0 N–H and O–H groups in total. The Balaban J connectivity index is 1.27. The predicted octanol–water partition coefficient (Wildman–Crippen LogP) is 6.68. The average molecular weight is 488 g/mol. The van der Waals surface area contributed by atoms with Crippen molar-refractivity contribution in [1.29, 1.82) is 0 Å². The molecule has 0 atom stereocenters. The van der Waals surface area contributed by atoms with Crippen LogP contribution in [-0.2, 0) is 16.8 Å². The second-order valence-electron chi connectivity index (χ2n) is 9.29. The van der Waals surface area contributed by atoms with Gasteiger partial charge >= 0.3 is 0 Å². The third-order valence-corrected chi connectivity index (χ3v) is 6.48. The van der Waals surface area contributed by atoms with Crippen LogP contribution >= 0.6 is 11.8 Å². The maximum absolute atomic E-state index is 12.7. The summed E-state index contributed by atoms with van der Waals surface area (Å²) in [5.41, 5.74) is 3.13. The second kappa shape index (κ2) is 10.8. The monoisotopic (exact) mass is 487 g/mol. The number of hydrogen-bond acceptors (Lipinski definition) is 5. The number of rotatable bonds is 8. The van der Waals surface area contributed by atoms with Crippen molar-refractivity contribution in [2.24, 2.45) is 0 Å². The minimum atomic E-state index is -0.267. The van der Waals surface area contributed by atoms with Crippen molar-refractivity contribution in [2.45, 2.75) is 32.7 Å². The second-order valence-corrected chi connectivity index (χ2v) is 10.3. The van der Waals surface area contributed by atoms with E-state index in [1.54, 1.807) is 6.08 Å². The van der Waals surface area contributed by atoms with Gasteiger partial charge < -0.3 is 9.47 Å². The first-order chi connectivity index (χ1) is 16.8. The number of benzene rings is 3. The molecule has 3 aromatic rings. The van der Waals surface area contributed by atoms with E-state index in [0.29, 0.717) is 23.9 Å². The molecule has 180 valence electrons. The van der Waals surface area contributed by atoms with Gasteiger partial charge in [0.2, 0.25) is 0 Å². The highest BCUT2D eigenvalue weighted by Crippen LogP contribution is 2.33. The zero-order valence-corrected chi connectivity index (χ0v) is 21.0. The zero-order chi connectivity index (χ0) is 24.8. The van der Waals surface area contributed by atoms with E-state index in [-0.39, 0.29) is 23.1 Å². The Bertz CT molecular complexity index is 1200. The van der Waals surface area contributed by atoms with Gasteiger partial charge in [0.25, 0.3) is 11.1 Å². The summed E-state index contributed by atoms with van der Waals surface area (Å²) in [6.45, 7) is 7.68. The number of hydrogen-bond donors (Lipinski definition) is 0. The van der Waals surface area contributed by atoms with Crippen LogP contribution in [0, 0.1) is 0 Å². The molecule has 1 aliphatic rings. The third-order valence-electron chi connectivity index (χ3n) is 5.58. The van der Waals surface area contributed by atoms with Gasteiger partial charge in [-0.1, -0.05) is 75.4 Å². The van der Waals surface area contributed by atoms with Gasteiger partial charge in [-0.15, -0.1) is 0 Å². The summed E-state index contributed by atoms with van der Waals surface area (Å²) in [5.74, 6) is 1.26. The fourth-order valence-corrected chi connectivity index (χ4v) is 4.42. The molecule has 1 aliphatic heterocycles. The van der Waals surface area contributed by atoms with E-state index in [9.17, 15) is 9.59 Å². The van der Waals surface area contributed by atoms with Crippen LogP contribution in [0.4, 0.5) is 4.79 Å². The number of amides is 2. The summed E-state index contributed by atoms with van der Waals surface area (Å²) >= 11 is 0.968. The molecule has 35 heavy (non-hydrogen) atoms. The minimum Gasteiger partial charge on any atom is -0.490 e. The number of thioether (sulfide) groups is 1. The molecule has 2 amide bonds. The molecule has 0 saturated carbocycles. The van der Waals surface area contributed by atoms with Gasteiger partial charge in [0.05, 0.1) is 11.4 Å². The van der Waals surface area contributed by atoms with Gasteiger partial charge in [-0.25, -0.2) is 0 Å². The number of nitrogens with zero attached hydrogens (tertiary/aromatic N) is 1. The number of carbonyl (C=O) groups is 2. The van der Waals surface area contributed by atoms with Crippen LogP contribution in [0.15, 0.2) is 83.8 Å². The van der Waals surface area contributed by atoms with Crippen LogP contribution < -0.4 is 9.47 Å². The van der Waals surface area contributed by atoms with Crippen molar-refractivity contribution >= 4 is 29.0 Å². The highest BCUT2D eigenvalue weighted by molar-refractivity contribution is 8.18. The Labute approximate surface area is 210 Å². The first kappa shape index (κ1) is 24.6. The lowest BCUT2D eigenvalue weighted by Crippen LogP contribution is -2.27. The summed E-state index contributed by atoms with van der Waals surface area (Å²) < 4.78 is 11.5. The smallest absolute Gasteiger partial charge is 0.293 e. The molecule has 1 saturated heterocycles. The Kier molecular flexibility index (Phi) is 7.61. The normalized spacial score (nSPS) is 15.1. The molecule has 6 heteroatoms. The highest BCUT2D eigenvalue weighted by Gasteiger charge is 2.34. The summed E-state index contributed by atoms with van der Waals surface area (Å²) in [5, 5.41) is -0.252. The zero-order valence-electron chi connectivity index (χ0n) is 20.2. The van der Waals surface area contributed by atoms with E-state index in [1.165, 1.54) is 10.5 Å². The molecular formula is C29H29NO4S. The molecule has 0 spiro atoms. The third kappa shape index (κ3) is 6.55. The lowest BCUT2D eigenvalue weighted by atomic mass is 9.87. The lowest BCUT2D eigenvalue weighted by molar-refractivity contribution is -0.123. The molecule has 0 aromatic heterocycles. The lowest BCUT2D eigenvalue weighted by Gasteiger charge is -2.19. The maximum atomic E-state index is 12.7. The first-order valence-corrected chi connectivity index (χ1v) is 12.4. The van der Waals surface area contributed by atoms with Gasteiger partial charge in [-0.2, -0.15) is 0 Å². The molecule has 4 rings (SSSR count). The molecular weight excluding hydrogens is 458 g/mol. The minimum absolute atomic E-state index is 0.116. The largest absolute Gasteiger partial charge is 0.490 e. The van der Waals surface area contributed by atoms with Gasteiger partial charge in [-0.05, 0) is 64.2 Å². The van der Waals surface area contributed by atoms with E-state index in [0.717, 1.165) is 28.6 Å². The Hall–Kier alpha value is -3.51. The van der Waals surface area contributed by atoms with E-state index < -0.39 is 0 Å². The molecule has 0 bridgehead atoms. The van der Waals surface area contributed by atoms with Gasteiger partial charge in [0, 0.05) is 0 Å². The quantitative estimate of drug-likeness (QED) is 0.262. The fraction of sp³-hybridized carbons (Fsp3) is 0.241. The van der Waals surface area contributed by atoms with Crippen LogP contribution in [0.1, 0.15) is 37.5 Å². The van der Waals surface area contributed by atoms with Crippen molar-refractivity contribution in [3.63, 3.8) is 0 Å². The Morgan fingerprint density at radius 1 is 0.800 bits per heavy atom. The molecule has 0 aliphatic carbocycles. The SMILES string of the molecule is CC(C)(C)c1ccc(OCCOc2ccc(/C=C3\SC(=O)N(Cc4ccccc4)C3=O)cc2)cc1. The van der Waals surface area contributed by atoms with Crippen molar-refractivity contribution < 1.29 is 19.1 Å². The predicted molar refractivity (Wildman–Crippen MR) is 141 cm³/mol. The molecule has 0 unspecified atom stereocenters. The van der Waals surface area contributed by atoms with E-state index in [2.05, 4.69) is 32.9 Å². The van der Waals surface area contributed by atoms with E-state index in [1.807, 2.05) is 66.7 Å². The maximum Gasteiger partial charge on any atom is 0.293 e. The Morgan fingerprint density at radius 3 is 1.94 bits per heavy atom. The van der Waals surface area contributed by atoms with Crippen LogP contribution in [0.2, 0.25) is 0 Å². The van der Waals surface area contributed by atoms with Crippen LogP contribution in [0.25, 0.3) is 6.08 Å². The average Bonchev–Trinajstić information content (AvgIpc) is 3.10. The van der Waals surface area contributed by atoms with Crippen molar-refractivity contribution in [2.75, 3.05) is 13.2 Å². The van der Waals surface area contributed by atoms with Gasteiger partial charge in [0.15, 0.2) is 0 Å². The topological polar surface area (TPSA) is 55.8 Å². The van der Waals surface area contributed by atoms with Gasteiger partial charge in [0.1, 0.15) is 24.7 Å². The summed E-state index contributed by atoms with van der Waals surface area (Å²) in [6.07, 6.45) is 1.74. The summed E-state index contributed by atoms with van der Waals surface area (Å²) in [6, 6.07) is 25.1. The van der Waals surface area contributed by atoms with Crippen LogP contribution in [0.5, 0.6) is 11.5 Å². The molecule has 0 radical (unpaired) electrons. The number of imide groups is 1. The first-order valence-electron chi connectivity index (χ1n) is 11.5. The van der Waals surface area contributed by atoms with Crippen molar-refractivity contribution in [3.05, 3.63) is 100 Å². The number of carbonyl (C=O) groups excluding carboxylic acids is 2. The van der Waals surface area contributed by atoms with Crippen LogP contribution in [0.3, 0.4) is 0 Å². The van der Waals surface area contributed by atoms with Crippen LogP contribution in [-0.4, -0.2) is 29.3 Å². The summed E-state index contributed by atoms with van der Waals surface area (Å²) in [4.78, 5) is 26.8. The van der Waals surface area contributed by atoms with E-state index in [4.69, 9.17) is 9.47 Å². The molecule has 5 nitrogen and oxygen atoms in total. The Morgan fingerprint density at radius 2 is 1.37 bits per heavy atom. The summed E-state index contributed by atoms with van der Waals surface area (Å²) in [7, 11) is 0. The highest BCUT2D eigenvalue weighted by atomic mass is 32.2. The van der Waals surface area contributed by atoms with E-state index >= 15 is 0 Å². The van der Waals surface area contributed by atoms with Crippen molar-refractivity contribution in [1.82, 2.24) is 4.90 Å². The standard InChI is InChI=1S/C29H29NO4S/c1-29(2,3)23-11-15-25(16-12-23)34-18-17-33-24-13-9-21(10-14-24)19-26-27(31)30(28(32)35-26)20-22-7-5-4-6-8-22/h4-16,19H,17-18,20H2,1-3H3/b26-19-. The molecule has 1 fully saturated rings. The molecule has 3 aromatic carbocycles. The number of ether oxygens (including phenoxy) is 2. The fourth-order valence-electron chi connectivity index (χ4n) is 3.58. The van der Waals surface area contributed by atoms with Crippen molar-refractivity contribution in [3.8, 4) is 11.5 Å². The molecule has 1 heterocycles. The van der Waals surface area contributed by atoms with Gasteiger partial charge in [-0.3, -0.25) is 14.5 Å².